The number of hydrogen-bond acceptors (Lipinski definition) is 4. The van der Waals surface area contributed by atoms with Gasteiger partial charge in [-0.25, -0.2) is 8.78 Å². The third kappa shape index (κ3) is 6.63. The third-order valence-electron chi connectivity index (χ3n) is 3.13. The van der Waals surface area contributed by atoms with Gasteiger partial charge >= 0.3 is 0 Å². The molecule has 4 nitrogen and oxygen atoms in total. The van der Waals surface area contributed by atoms with Gasteiger partial charge in [0.2, 0.25) is 0 Å². The largest absolute Gasteiger partial charge is 0.598 e. The van der Waals surface area contributed by atoms with Gasteiger partial charge in [0.1, 0.15) is 10.5 Å². The molecular formula is C16H26F2N2O2S. The number of nitrogens with two attached hydrogens (primary N) is 1. The normalized spacial score (nSPS) is 15.3. The van der Waals surface area contributed by atoms with Gasteiger partial charge in [-0.3, -0.25) is 0 Å². The Balaban J connectivity index is 2.86. The zero-order valence-corrected chi connectivity index (χ0v) is 15.1. The molecule has 2 unspecified atom stereocenters. The van der Waals surface area contributed by atoms with Crippen molar-refractivity contribution in [2.75, 3.05) is 6.61 Å². The molecule has 1 rings (SSSR count). The van der Waals surface area contributed by atoms with Crippen molar-refractivity contribution < 1.29 is 18.1 Å². The van der Waals surface area contributed by atoms with E-state index in [9.17, 15) is 13.3 Å². The lowest BCUT2D eigenvalue weighted by atomic mass is 10.0. The van der Waals surface area contributed by atoms with E-state index in [1.54, 1.807) is 18.2 Å². The van der Waals surface area contributed by atoms with E-state index in [-0.39, 0.29) is 17.3 Å². The SMILES string of the molecule is CC(N[S+]([O-])C(C)(C)C)c1ccc(OCC(C)(F)F)c(CN)c1. The summed E-state index contributed by atoms with van der Waals surface area (Å²) in [6.45, 7) is 7.83. The van der Waals surface area contributed by atoms with Gasteiger partial charge in [0.25, 0.3) is 5.92 Å². The number of halogens is 2. The molecule has 0 aliphatic rings. The average Bonchev–Trinajstić information content (AvgIpc) is 2.42. The highest BCUT2D eigenvalue weighted by Crippen LogP contribution is 2.26. The summed E-state index contributed by atoms with van der Waals surface area (Å²) in [5.41, 5.74) is 7.20. The Labute approximate surface area is 140 Å². The molecule has 0 radical (unpaired) electrons. The summed E-state index contributed by atoms with van der Waals surface area (Å²) in [7, 11) is 0. The number of hydrogen-bond donors (Lipinski definition) is 2. The summed E-state index contributed by atoms with van der Waals surface area (Å²) < 4.78 is 45.8. The molecule has 0 amide bonds. The van der Waals surface area contributed by atoms with Gasteiger partial charge < -0.3 is 15.0 Å². The van der Waals surface area contributed by atoms with E-state index < -0.39 is 23.9 Å². The molecule has 0 bridgehead atoms. The van der Waals surface area contributed by atoms with E-state index in [0.717, 1.165) is 12.5 Å². The molecule has 7 heteroatoms. The first-order valence-electron chi connectivity index (χ1n) is 7.45. The molecule has 0 fully saturated rings. The quantitative estimate of drug-likeness (QED) is 0.742. The van der Waals surface area contributed by atoms with E-state index in [1.807, 2.05) is 27.7 Å². The predicted molar refractivity (Wildman–Crippen MR) is 89.9 cm³/mol. The fourth-order valence-electron chi connectivity index (χ4n) is 1.78. The Bertz CT molecular complexity index is 516. The van der Waals surface area contributed by atoms with Crippen molar-refractivity contribution in [1.82, 2.24) is 4.72 Å². The van der Waals surface area contributed by atoms with Crippen LogP contribution in [0.4, 0.5) is 8.78 Å². The van der Waals surface area contributed by atoms with Crippen molar-refractivity contribution in [3.63, 3.8) is 0 Å². The smallest absolute Gasteiger partial charge is 0.278 e. The van der Waals surface area contributed by atoms with Gasteiger partial charge in [-0.1, -0.05) is 6.07 Å². The number of benzene rings is 1. The van der Waals surface area contributed by atoms with Gasteiger partial charge in [-0.2, -0.15) is 0 Å². The zero-order valence-electron chi connectivity index (χ0n) is 14.3. The van der Waals surface area contributed by atoms with Crippen LogP contribution in [-0.4, -0.2) is 21.8 Å². The lowest BCUT2D eigenvalue weighted by Crippen LogP contribution is -2.40. The van der Waals surface area contributed by atoms with E-state index in [4.69, 9.17) is 10.5 Å². The average molecular weight is 348 g/mol. The predicted octanol–water partition coefficient (Wildman–Crippen LogP) is 3.29. The van der Waals surface area contributed by atoms with Gasteiger partial charge in [0.15, 0.2) is 6.61 Å². The first-order chi connectivity index (χ1) is 10.4. The van der Waals surface area contributed by atoms with Crippen LogP contribution in [0, 0.1) is 0 Å². The Hall–Kier alpha value is -0.890. The summed E-state index contributed by atoms with van der Waals surface area (Å²) in [5, 5.41) is 0. The summed E-state index contributed by atoms with van der Waals surface area (Å²) in [4.78, 5) is 0. The van der Waals surface area contributed by atoms with Gasteiger partial charge in [-0.15, -0.1) is 4.72 Å². The first kappa shape index (κ1) is 20.2. The van der Waals surface area contributed by atoms with E-state index in [1.165, 1.54) is 0 Å². The standard InChI is InChI=1S/C16H26F2N2O2S/c1-11(20-23(21)15(2,3)4)12-6-7-14(13(8-12)9-19)22-10-16(5,17)18/h6-8,11,20H,9-10,19H2,1-5H3. The highest BCUT2D eigenvalue weighted by Gasteiger charge is 2.28. The molecular weight excluding hydrogens is 322 g/mol. The van der Waals surface area contributed by atoms with Crippen LogP contribution in [0.1, 0.15) is 51.8 Å². The second-order valence-corrected chi connectivity index (χ2v) is 8.65. The Morgan fingerprint density at radius 3 is 2.39 bits per heavy atom. The number of ether oxygens (including phenoxy) is 1. The Kier molecular flexibility index (Phi) is 6.82. The van der Waals surface area contributed by atoms with Crippen molar-refractivity contribution in [3.8, 4) is 5.75 Å². The number of alkyl halides is 2. The second-order valence-electron chi connectivity index (χ2n) is 6.65. The van der Waals surface area contributed by atoms with Crippen molar-refractivity contribution >= 4 is 11.4 Å². The maximum absolute atomic E-state index is 12.9. The molecule has 0 heterocycles. The number of nitrogens with one attached hydrogen (secondary N) is 1. The zero-order chi connectivity index (χ0) is 17.8. The van der Waals surface area contributed by atoms with Gasteiger partial charge in [0, 0.05) is 30.4 Å². The van der Waals surface area contributed by atoms with Crippen LogP contribution in [0.15, 0.2) is 18.2 Å². The summed E-state index contributed by atoms with van der Waals surface area (Å²) in [6.07, 6.45) is 0. The number of rotatable bonds is 7. The molecule has 0 aliphatic carbocycles. The molecule has 1 aromatic carbocycles. The molecule has 0 saturated heterocycles. The molecule has 132 valence electrons. The molecule has 1 aromatic rings. The van der Waals surface area contributed by atoms with Crippen LogP contribution < -0.4 is 15.2 Å². The van der Waals surface area contributed by atoms with Crippen LogP contribution in [0.25, 0.3) is 0 Å². The van der Waals surface area contributed by atoms with Crippen LogP contribution in [0.3, 0.4) is 0 Å². The maximum atomic E-state index is 12.9. The topological polar surface area (TPSA) is 70.3 Å². The van der Waals surface area contributed by atoms with Crippen LogP contribution >= 0.6 is 0 Å². The van der Waals surface area contributed by atoms with E-state index in [2.05, 4.69) is 4.72 Å². The summed E-state index contributed by atoms with van der Waals surface area (Å²) >= 11 is -1.21. The Morgan fingerprint density at radius 2 is 1.91 bits per heavy atom. The fourth-order valence-corrected chi connectivity index (χ4v) is 2.59. The summed E-state index contributed by atoms with van der Waals surface area (Å²) in [5.74, 6) is -2.55. The molecule has 0 aromatic heterocycles. The highest BCUT2D eigenvalue weighted by molar-refractivity contribution is 7.90. The third-order valence-corrected chi connectivity index (χ3v) is 4.81. The highest BCUT2D eigenvalue weighted by atomic mass is 32.2. The van der Waals surface area contributed by atoms with Crippen molar-refractivity contribution in [2.45, 2.75) is 57.9 Å². The van der Waals surface area contributed by atoms with E-state index >= 15 is 0 Å². The molecule has 3 N–H and O–H groups in total. The Morgan fingerprint density at radius 1 is 1.30 bits per heavy atom. The minimum atomic E-state index is -2.90. The lowest BCUT2D eigenvalue weighted by molar-refractivity contribution is -0.0232. The van der Waals surface area contributed by atoms with Crippen molar-refractivity contribution in [3.05, 3.63) is 29.3 Å². The van der Waals surface area contributed by atoms with E-state index in [0.29, 0.717) is 11.3 Å². The van der Waals surface area contributed by atoms with Crippen molar-refractivity contribution in [2.24, 2.45) is 5.73 Å². The van der Waals surface area contributed by atoms with Gasteiger partial charge in [-0.05, 0) is 45.4 Å². The summed E-state index contributed by atoms with van der Waals surface area (Å²) in [6, 6.07) is 5.02. The molecule has 23 heavy (non-hydrogen) atoms. The van der Waals surface area contributed by atoms with Crippen molar-refractivity contribution in [1.29, 1.82) is 0 Å². The molecule has 0 saturated carbocycles. The fraction of sp³-hybridized carbons (Fsp3) is 0.625. The second kappa shape index (κ2) is 7.79. The van der Waals surface area contributed by atoms with Gasteiger partial charge in [0.05, 0.1) is 6.04 Å². The van der Waals surface area contributed by atoms with Crippen LogP contribution in [0.5, 0.6) is 5.75 Å². The minimum Gasteiger partial charge on any atom is -0.598 e. The molecule has 0 aliphatic heterocycles. The maximum Gasteiger partial charge on any atom is 0.278 e. The monoisotopic (exact) mass is 348 g/mol. The minimum absolute atomic E-state index is 0.165. The van der Waals surface area contributed by atoms with Crippen LogP contribution in [-0.2, 0) is 17.9 Å². The molecule has 0 spiro atoms. The first-order valence-corrected chi connectivity index (χ1v) is 8.60. The lowest BCUT2D eigenvalue weighted by Gasteiger charge is -2.27. The van der Waals surface area contributed by atoms with Crippen LogP contribution in [0.2, 0.25) is 0 Å². The molecule has 2 atom stereocenters.